The molecule has 8 heteroatoms. The number of rotatable bonds is 6. The first-order valence-corrected chi connectivity index (χ1v) is 9.76. The average molecular weight is 368 g/mol. The van der Waals surface area contributed by atoms with Gasteiger partial charge in [0.15, 0.2) is 0 Å². The van der Waals surface area contributed by atoms with Crippen LogP contribution in [0.1, 0.15) is 43.0 Å². The van der Waals surface area contributed by atoms with Crippen molar-refractivity contribution in [2.75, 3.05) is 20.1 Å². The number of carbonyl (C=O) groups is 2. The highest BCUT2D eigenvalue weighted by atomic mass is 32.2. The van der Waals surface area contributed by atoms with Crippen LogP contribution in [0.15, 0.2) is 29.2 Å². The van der Waals surface area contributed by atoms with Gasteiger partial charge in [-0.2, -0.15) is 4.31 Å². The van der Waals surface area contributed by atoms with Gasteiger partial charge in [0.1, 0.15) is 0 Å². The Hall–Kier alpha value is -1.93. The first-order valence-electron chi connectivity index (χ1n) is 8.32. The molecule has 1 amide bonds. The van der Waals surface area contributed by atoms with Crippen molar-refractivity contribution in [1.29, 1.82) is 0 Å². The predicted molar refractivity (Wildman–Crippen MR) is 92.9 cm³/mol. The van der Waals surface area contributed by atoms with Gasteiger partial charge in [0, 0.05) is 31.7 Å². The summed E-state index contributed by atoms with van der Waals surface area (Å²) >= 11 is 0. The van der Waals surface area contributed by atoms with E-state index in [0.29, 0.717) is 12.1 Å². The number of hydrogen-bond donors (Lipinski definition) is 1. The van der Waals surface area contributed by atoms with Crippen LogP contribution in [-0.4, -0.2) is 60.8 Å². The van der Waals surface area contributed by atoms with E-state index in [1.165, 1.54) is 40.5 Å². The first kappa shape index (κ1) is 19.4. The third-order valence-corrected chi connectivity index (χ3v) is 6.49. The van der Waals surface area contributed by atoms with E-state index >= 15 is 0 Å². The van der Waals surface area contributed by atoms with Crippen LogP contribution in [-0.2, 0) is 14.8 Å². The number of piperidine rings is 1. The standard InChI is InChI=1S/C17H24N2O5S/c1-13-5-3-4-11-19(13)25(23,24)15-8-6-14(7-9-15)17(22)18(2)12-10-16(20)21/h6-9,13H,3-5,10-12H2,1-2H3,(H,20,21). The number of sulfonamides is 1. The summed E-state index contributed by atoms with van der Waals surface area (Å²) in [5, 5.41) is 8.68. The number of benzene rings is 1. The van der Waals surface area contributed by atoms with Crippen LogP contribution < -0.4 is 0 Å². The van der Waals surface area contributed by atoms with Crippen molar-refractivity contribution in [3.05, 3.63) is 29.8 Å². The number of carbonyl (C=O) groups excluding carboxylic acids is 1. The van der Waals surface area contributed by atoms with Crippen LogP contribution in [0.4, 0.5) is 0 Å². The van der Waals surface area contributed by atoms with Gasteiger partial charge in [0.25, 0.3) is 5.91 Å². The molecule has 0 bridgehead atoms. The zero-order valence-corrected chi connectivity index (χ0v) is 15.3. The molecule has 1 fully saturated rings. The Balaban J connectivity index is 2.13. The maximum absolute atomic E-state index is 12.8. The molecule has 0 aromatic heterocycles. The lowest BCUT2D eigenvalue weighted by Crippen LogP contribution is -2.41. The molecule has 0 radical (unpaired) electrons. The van der Waals surface area contributed by atoms with Gasteiger partial charge in [-0.3, -0.25) is 9.59 Å². The van der Waals surface area contributed by atoms with Crippen molar-refractivity contribution in [2.45, 2.75) is 43.5 Å². The third-order valence-electron chi connectivity index (χ3n) is 4.46. The Morgan fingerprint density at radius 2 is 1.88 bits per heavy atom. The summed E-state index contributed by atoms with van der Waals surface area (Å²) in [5.74, 6) is -1.31. The second-order valence-corrected chi connectivity index (χ2v) is 8.25. The monoisotopic (exact) mass is 368 g/mol. The molecule has 138 valence electrons. The molecule has 1 aliphatic rings. The smallest absolute Gasteiger partial charge is 0.305 e. The molecule has 1 N–H and O–H groups in total. The molecule has 0 spiro atoms. The fourth-order valence-corrected chi connectivity index (χ4v) is 4.62. The fraction of sp³-hybridized carbons (Fsp3) is 0.529. The van der Waals surface area contributed by atoms with E-state index in [0.717, 1.165) is 19.3 Å². The van der Waals surface area contributed by atoms with E-state index < -0.39 is 16.0 Å². The molecular formula is C17H24N2O5S. The molecular weight excluding hydrogens is 344 g/mol. The Morgan fingerprint density at radius 3 is 2.44 bits per heavy atom. The highest BCUT2D eigenvalue weighted by molar-refractivity contribution is 7.89. The number of nitrogens with zero attached hydrogens (tertiary/aromatic N) is 2. The van der Waals surface area contributed by atoms with Gasteiger partial charge in [0.05, 0.1) is 11.3 Å². The maximum Gasteiger partial charge on any atom is 0.305 e. The van der Waals surface area contributed by atoms with Crippen LogP contribution in [0.3, 0.4) is 0 Å². The minimum absolute atomic E-state index is 0.0257. The SMILES string of the molecule is CC1CCCCN1S(=O)(=O)c1ccc(C(=O)N(C)CCC(=O)O)cc1. The topological polar surface area (TPSA) is 95.0 Å². The summed E-state index contributed by atoms with van der Waals surface area (Å²) in [7, 11) is -2.05. The summed E-state index contributed by atoms with van der Waals surface area (Å²) in [6.07, 6.45) is 2.60. The van der Waals surface area contributed by atoms with Gasteiger partial charge in [-0.05, 0) is 44.0 Å². The van der Waals surface area contributed by atoms with Crippen molar-refractivity contribution in [2.24, 2.45) is 0 Å². The quantitative estimate of drug-likeness (QED) is 0.826. The highest BCUT2D eigenvalue weighted by Crippen LogP contribution is 2.25. The van der Waals surface area contributed by atoms with E-state index in [2.05, 4.69) is 0 Å². The number of hydrogen-bond acceptors (Lipinski definition) is 4. The van der Waals surface area contributed by atoms with E-state index in [4.69, 9.17) is 5.11 Å². The molecule has 2 rings (SSSR count). The van der Waals surface area contributed by atoms with Gasteiger partial charge in [0.2, 0.25) is 10.0 Å². The van der Waals surface area contributed by atoms with Crippen molar-refractivity contribution < 1.29 is 23.1 Å². The predicted octanol–water partition coefficient (Wildman–Crippen LogP) is 1.80. The zero-order chi connectivity index (χ0) is 18.6. The van der Waals surface area contributed by atoms with Crippen LogP contribution in [0.25, 0.3) is 0 Å². The van der Waals surface area contributed by atoms with Gasteiger partial charge in [-0.25, -0.2) is 8.42 Å². The second kappa shape index (κ2) is 7.97. The lowest BCUT2D eigenvalue weighted by atomic mass is 10.1. The minimum Gasteiger partial charge on any atom is -0.481 e. The first-order chi connectivity index (χ1) is 11.7. The van der Waals surface area contributed by atoms with Crippen molar-refractivity contribution in [1.82, 2.24) is 9.21 Å². The Morgan fingerprint density at radius 1 is 1.24 bits per heavy atom. The van der Waals surface area contributed by atoms with Crippen LogP contribution >= 0.6 is 0 Å². The zero-order valence-electron chi connectivity index (χ0n) is 14.5. The van der Waals surface area contributed by atoms with Crippen molar-refractivity contribution in [3.8, 4) is 0 Å². The van der Waals surface area contributed by atoms with Gasteiger partial charge < -0.3 is 10.0 Å². The largest absolute Gasteiger partial charge is 0.481 e. The van der Waals surface area contributed by atoms with Crippen LogP contribution in [0.2, 0.25) is 0 Å². The molecule has 1 aromatic rings. The summed E-state index contributed by atoms with van der Waals surface area (Å²) < 4.78 is 27.0. The van der Waals surface area contributed by atoms with Crippen molar-refractivity contribution >= 4 is 21.9 Å². The van der Waals surface area contributed by atoms with Gasteiger partial charge >= 0.3 is 5.97 Å². The van der Waals surface area contributed by atoms with Crippen LogP contribution in [0.5, 0.6) is 0 Å². The summed E-state index contributed by atoms with van der Waals surface area (Å²) in [4.78, 5) is 24.3. The van der Waals surface area contributed by atoms with Gasteiger partial charge in [-0.1, -0.05) is 6.42 Å². The minimum atomic E-state index is -3.56. The molecule has 1 heterocycles. The lowest BCUT2D eigenvalue weighted by Gasteiger charge is -2.32. The fourth-order valence-electron chi connectivity index (χ4n) is 2.92. The molecule has 1 saturated heterocycles. The van der Waals surface area contributed by atoms with E-state index in [-0.39, 0.29) is 29.8 Å². The Bertz CT molecular complexity index is 730. The molecule has 0 aliphatic carbocycles. The molecule has 25 heavy (non-hydrogen) atoms. The van der Waals surface area contributed by atoms with Crippen LogP contribution in [0, 0.1) is 0 Å². The average Bonchev–Trinajstić information content (AvgIpc) is 2.59. The lowest BCUT2D eigenvalue weighted by molar-refractivity contribution is -0.137. The number of carboxylic acids is 1. The number of aliphatic carboxylic acids is 1. The molecule has 1 atom stereocenters. The normalized spacial score (nSPS) is 18.7. The molecule has 1 aliphatic heterocycles. The number of amides is 1. The molecule has 0 saturated carbocycles. The van der Waals surface area contributed by atoms with E-state index in [1.807, 2.05) is 6.92 Å². The number of carboxylic acid groups (broad SMARTS) is 1. The Kier molecular flexibility index (Phi) is 6.18. The van der Waals surface area contributed by atoms with E-state index in [9.17, 15) is 18.0 Å². The second-order valence-electron chi connectivity index (χ2n) is 6.36. The van der Waals surface area contributed by atoms with Crippen molar-refractivity contribution in [3.63, 3.8) is 0 Å². The van der Waals surface area contributed by atoms with E-state index in [1.54, 1.807) is 0 Å². The molecule has 1 aromatic carbocycles. The summed E-state index contributed by atoms with van der Waals surface area (Å²) in [5.41, 5.74) is 0.332. The third kappa shape index (κ3) is 4.58. The molecule has 7 nitrogen and oxygen atoms in total. The summed E-state index contributed by atoms with van der Waals surface area (Å²) in [6.45, 7) is 2.52. The Labute approximate surface area is 148 Å². The highest BCUT2D eigenvalue weighted by Gasteiger charge is 2.31. The maximum atomic E-state index is 12.8. The summed E-state index contributed by atoms with van der Waals surface area (Å²) in [6, 6.07) is 5.80. The molecule has 1 unspecified atom stereocenters. The van der Waals surface area contributed by atoms with Gasteiger partial charge in [-0.15, -0.1) is 0 Å².